The normalized spacial score (nSPS) is 14.8. The van der Waals surface area contributed by atoms with Crippen LogP contribution in [0.2, 0.25) is 0 Å². The Labute approximate surface area is 136 Å². The highest BCUT2D eigenvalue weighted by Crippen LogP contribution is 2.27. The topological polar surface area (TPSA) is 63.4 Å². The summed E-state index contributed by atoms with van der Waals surface area (Å²) in [5.74, 6) is 1.23. The molecular formula is C17H24N4O2. The first-order valence-corrected chi connectivity index (χ1v) is 8.14. The molecule has 1 N–H and O–H groups in total. The predicted molar refractivity (Wildman–Crippen MR) is 88.1 cm³/mol. The van der Waals surface area contributed by atoms with Gasteiger partial charge in [0.25, 0.3) is 0 Å². The molecule has 1 aromatic heterocycles. The summed E-state index contributed by atoms with van der Waals surface area (Å²) < 4.78 is 10.8. The minimum absolute atomic E-state index is 0.135. The van der Waals surface area contributed by atoms with E-state index in [4.69, 9.17) is 9.26 Å². The fraction of sp³-hybridized carbons (Fsp3) is 0.529. The fourth-order valence-corrected chi connectivity index (χ4v) is 2.94. The first kappa shape index (κ1) is 16.0. The molecule has 6 heteroatoms. The lowest BCUT2D eigenvalue weighted by Gasteiger charge is -2.16. The van der Waals surface area contributed by atoms with Crippen molar-refractivity contribution in [2.75, 3.05) is 25.5 Å². The number of nitrogens with zero attached hydrogens (tertiary/aromatic N) is 3. The summed E-state index contributed by atoms with van der Waals surface area (Å²) in [7, 11) is 2.06. The molecule has 0 saturated carbocycles. The van der Waals surface area contributed by atoms with Crippen molar-refractivity contribution in [1.29, 1.82) is 0 Å². The molecule has 23 heavy (non-hydrogen) atoms. The van der Waals surface area contributed by atoms with E-state index in [9.17, 15) is 0 Å². The van der Waals surface area contributed by atoms with Gasteiger partial charge in [0.1, 0.15) is 6.10 Å². The summed E-state index contributed by atoms with van der Waals surface area (Å²) in [6, 6.07) is 6.49. The van der Waals surface area contributed by atoms with Gasteiger partial charge in [-0.05, 0) is 38.4 Å². The van der Waals surface area contributed by atoms with Crippen LogP contribution in [0.15, 0.2) is 22.7 Å². The van der Waals surface area contributed by atoms with Crippen molar-refractivity contribution in [2.45, 2.75) is 39.5 Å². The number of benzene rings is 1. The highest BCUT2D eigenvalue weighted by Gasteiger charge is 2.17. The van der Waals surface area contributed by atoms with Gasteiger partial charge in [-0.1, -0.05) is 23.4 Å². The highest BCUT2D eigenvalue weighted by atomic mass is 16.5. The van der Waals surface area contributed by atoms with Crippen LogP contribution in [0.25, 0.3) is 0 Å². The molecule has 0 aliphatic carbocycles. The monoisotopic (exact) mass is 316 g/mol. The molecule has 1 aliphatic rings. The van der Waals surface area contributed by atoms with Crippen molar-refractivity contribution in [2.24, 2.45) is 0 Å². The molecule has 124 valence electrons. The van der Waals surface area contributed by atoms with Crippen LogP contribution in [0.3, 0.4) is 0 Å². The van der Waals surface area contributed by atoms with E-state index >= 15 is 0 Å². The maximum Gasteiger partial charge on any atom is 0.240 e. The average molecular weight is 316 g/mol. The first-order valence-electron chi connectivity index (χ1n) is 8.14. The minimum Gasteiger partial charge on any atom is -0.384 e. The van der Waals surface area contributed by atoms with Crippen LogP contribution in [-0.2, 0) is 24.2 Å². The number of hydrogen-bond donors (Lipinski definition) is 1. The molecule has 0 saturated heterocycles. The summed E-state index contributed by atoms with van der Waals surface area (Å²) in [6.45, 7) is 7.01. The molecular weight excluding hydrogens is 292 g/mol. The largest absolute Gasteiger partial charge is 0.384 e. The lowest BCUT2D eigenvalue weighted by Crippen LogP contribution is -2.18. The van der Waals surface area contributed by atoms with Gasteiger partial charge in [0.15, 0.2) is 5.82 Å². The van der Waals surface area contributed by atoms with Crippen LogP contribution in [0.1, 0.15) is 42.8 Å². The van der Waals surface area contributed by atoms with E-state index in [0.717, 1.165) is 19.5 Å². The molecule has 2 heterocycles. The summed E-state index contributed by atoms with van der Waals surface area (Å²) in [6.07, 6.45) is 0.972. The van der Waals surface area contributed by atoms with Gasteiger partial charge in [0.05, 0.1) is 6.54 Å². The number of aromatic nitrogens is 2. The molecule has 1 aliphatic heterocycles. The van der Waals surface area contributed by atoms with Crippen LogP contribution in [0, 0.1) is 0 Å². The van der Waals surface area contributed by atoms with Gasteiger partial charge < -0.3 is 14.6 Å². The molecule has 1 atom stereocenters. The third-order valence-electron chi connectivity index (χ3n) is 4.04. The third-order valence-corrected chi connectivity index (χ3v) is 4.04. The standard InChI is InChI=1S/C17H24N4O2/c1-4-22-12(2)17-19-15(23-20-17)11-21(3)10-14-7-5-6-13-8-9-18-16(13)14/h5-7,12,18H,4,8-11H2,1-3H3. The lowest BCUT2D eigenvalue weighted by atomic mass is 10.1. The summed E-state index contributed by atoms with van der Waals surface area (Å²) in [5, 5.41) is 7.48. The van der Waals surface area contributed by atoms with Crippen LogP contribution in [0.4, 0.5) is 5.69 Å². The quantitative estimate of drug-likeness (QED) is 0.847. The average Bonchev–Trinajstić information content (AvgIpc) is 3.16. The van der Waals surface area contributed by atoms with Crippen molar-refractivity contribution >= 4 is 5.69 Å². The fourth-order valence-electron chi connectivity index (χ4n) is 2.94. The summed E-state index contributed by atoms with van der Waals surface area (Å²) in [5.41, 5.74) is 4.00. The van der Waals surface area contributed by atoms with E-state index < -0.39 is 0 Å². The molecule has 0 spiro atoms. The molecule has 1 unspecified atom stereocenters. The molecule has 2 aromatic rings. The number of fused-ring (bicyclic) bond motifs is 1. The van der Waals surface area contributed by atoms with Crippen LogP contribution in [0.5, 0.6) is 0 Å². The Morgan fingerprint density at radius 2 is 2.26 bits per heavy atom. The van der Waals surface area contributed by atoms with Crippen molar-refractivity contribution in [3.05, 3.63) is 41.0 Å². The van der Waals surface area contributed by atoms with E-state index in [2.05, 4.69) is 45.6 Å². The van der Waals surface area contributed by atoms with Crippen LogP contribution in [-0.4, -0.2) is 35.2 Å². The van der Waals surface area contributed by atoms with Gasteiger partial charge >= 0.3 is 0 Å². The smallest absolute Gasteiger partial charge is 0.240 e. The van der Waals surface area contributed by atoms with E-state index in [0.29, 0.717) is 24.9 Å². The Morgan fingerprint density at radius 1 is 1.39 bits per heavy atom. The first-order chi connectivity index (χ1) is 11.2. The van der Waals surface area contributed by atoms with E-state index in [1.54, 1.807) is 0 Å². The number of ether oxygens (including phenoxy) is 1. The Kier molecular flexibility index (Phi) is 4.93. The Bertz CT molecular complexity index is 656. The van der Waals surface area contributed by atoms with Gasteiger partial charge in [-0.3, -0.25) is 4.90 Å². The zero-order chi connectivity index (χ0) is 16.2. The Morgan fingerprint density at radius 3 is 3.09 bits per heavy atom. The SMILES string of the molecule is CCOC(C)c1noc(CN(C)Cc2cccc3c2NCC3)n1. The molecule has 0 fully saturated rings. The third kappa shape index (κ3) is 3.71. The number of hydrogen-bond acceptors (Lipinski definition) is 6. The Hall–Kier alpha value is -1.92. The molecule has 3 rings (SSSR count). The number of nitrogens with one attached hydrogen (secondary N) is 1. The second kappa shape index (κ2) is 7.10. The van der Waals surface area contributed by atoms with Crippen molar-refractivity contribution in [1.82, 2.24) is 15.0 Å². The van der Waals surface area contributed by atoms with Crippen molar-refractivity contribution in [3.63, 3.8) is 0 Å². The second-order valence-electron chi connectivity index (χ2n) is 5.94. The van der Waals surface area contributed by atoms with Gasteiger partial charge in [-0.2, -0.15) is 4.98 Å². The summed E-state index contributed by atoms with van der Waals surface area (Å²) >= 11 is 0. The van der Waals surface area contributed by atoms with Gasteiger partial charge in [-0.15, -0.1) is 0 Å². The van der Waals surface area contributed by atoms with Crippen LogP contribution < -0.4 is 5.32 Å². The number of rotatable bonds is 7. The predicted octanol–water partition coefficient (Wildman–Crippen LogP) is 2.77. The highest BCUT2D eigenvalue weighted by molar-refractivity contribution is 5.61. The number of para-hydroxylation sites is 1. The summed E-state index contributed by atoms with van der Waals surface area (Å²) in [4.78, 5) is 6.60. The second-order valence-corrected chi connectivity index (χ2v) is 5.94. The maximum atomic E-state index is 5.49. The van der Waals surface area contributed by atoms with E-state index in [1.165, 1.54) is 16.8 Å². The van der Waals surface area contributed by atoms with Gasteiger partial charge in [0.2, 0.25) is 5.89 Å². The zero-order valence-corrected chi connectivity index (χ0v) is 14.0. The van der Waals surface area contributed by atoms with Gasteiger partial charge in [0, 0.05) is 25.4 Å². The molecule has 1 aromatic carbocycles. The molecule has 6 nitrogen and oxygen atoms in total. The van der Waals surface area contributed by atoms with Crippen molar-refractivity contribution < 1.29 is 9.26 Å². The zero-order valence-electron chi connectivity index (χ0n) is 14.0. The molecule has 0 amide bonds. The maximum absolute atomic E-state index is 5.49. The molecule has 0 bridgehead atoms. The lowest BCUT2D eigenvalue weighted by molar-refractivity contribution is 0.0683. The van der Waals surface area contributed by atoms with Crippen molar-refractivity contribution in [3.8, 4) is 0 Å². The van der Waals surface area contributed by atoms with E-state index in [1.807, 2.05) is 13.8 Å². The number of anilines is 1. The minimum atomic E-state index is -0.135. The van der Waals surface area contributed by atoms with E-state index in [-0.39, 0.29) is 6.10 Å². The Balaban J connectivity index is 1.62. The molecule has 0 radical (unpaired) electrons. The van der Waals surface area contributed by atoms with Gasteiger partial charge in [-0.25, -0.2) is 0 Å². The van der Waals surface area contributed by atoms with Crippen LogP contribution >= 0.6 is 0 Å².